The fraction of sp³-hybridized carbons (Fsp3) is 0.190. The maximum atomic E-state index is 12.1. The van der Waals surface area contributed by atoms with Crippen LogP contribution in [0.2, 0.25) is 0 Å². The van der Waals surface area contributed by atoms with Crippen molar-refractivity contribution in [1.29, 1.82) is 0 Å². The number of carbonyl (C=O) groups is 1. The minimum atomic E-state index is -0.233. The predicted molar refractivity (Wildman–Crippen MR) is 105 cm³/mol. The van der Waals surface area contributed by atoms with Gasteiger partial charge >= 0.3 is 0 Å². The zero-order chi connectivity index (χ0) is 19.4. The summed E-state index contributed by atoms with van der Waals surface area (Å²) in [4.78, 5) is 23.6. The molecule has 27 heavy (non-hydrogen) atoms. The lowest BCUT2D eigenvalue weighted by Gasteiger charge is -2.11. The van der Waals surface area contributed by atoms with Crippen LogP contribution >= 0.6 is 0 Å². The number of aryl methyl sites for hydroxylation is 3. The summed E-state index contributed by atoms with van der Waals surface area (Å²) in [5.41, 5.74) is 4.12. The van der Waals surface area contributed by atoms with Crippen molar-refractivity contribution in [3.63, 3.8) is 0 Å². The van der Waals surface area contributed by atoms with Crippen molar-refractivity contribution in [1.82, 2.24) is 9.78 Å². The minimum Gasteiger partial charge on any atom is -0.483 e. The van der Waals surface area contributed by atoms with Crippen molar-refractivity contribution >= 4 is 11.6 Å². The molecule has 0 fully saturated rings. The smallest absolute Gasteiger partial charge is 0.266 e. The highest BCUT2D eigenvalue weighted by Crippen LogP contribution is 2.20. The van der Waals surface area contributed by atoms with Crippen LogP contribution in [0.1, 0.15) is 11.1 Å². The van der Waals surface area contributed by atoms with E-state index in [9.17, 15) is 9.59 Å². The zero-order valence-corrected chi connectivity index (χ0v) is 15.5. The van der Waals surface area contributed by atoms with Gasteiger partial charge in [-0.3, -0.25) is 9.59 Å². The summed E-state index contributed by atoms with van der Waals surface area (Å²) < 4.78 is 6.90. The maximum absolute atomic E-state index is 12.1. The number of nitrogens with one attached hydrogen (secondary N) is 1. The van der Waals surface area contributed by atoms with Crippen LogP contribution in [0, 0.1) is 13.8 Å². The third kappa shape index (κ3) is 4.61. The summed E-state index contributed by atoms with van der Waals surface area (Å²) in [5.74, 6) is 0.477. The lowest BCUT2D eigenvalue weighted by molar-refractivity contribution is -0.118. The van der Waals surface area contributed by atoms with Crippen molar-refractivity contribution in [2.24, 2.45) is 7.05 Å². The van der Waals surface area contributed by atoms with E-state index in [1.165, 1.54) is 10.7 Å². The van der Waals surface area contributed by atoms with Crippen LogP contribution in [0.5, 0.6) is 5.75 Å². The predicted octanol–water partition coefficient (Wildman–Crippen LogP) is 3.08. The maximum Gasteiger partial charge on any atom is 0.266 e. The van der Waals surface area contributed by atoms with Gasteiger partial charge in [0.25, 0.3) is 11.5 Å². The Hall–Kier alpha value is -3.41. The van der Waals surface area contributed by atoms with Crippen LogP contribution in [0.4, 0.5) is 5.69 Å². The monoisotopic (exact) mass is 363 g/mol. The molecule has 0 unspecified atom stereocenters. The van der Waals surface area contributed by atoms with Gasteiger partial charge in [0.2, 0.25) is 0 Å². The Balaban J connectivity index is 1.62. The van der Waals surface area contributed by atoms with Crippen LogP contribution in [-0.2, 0) is 11.8 Å². The minimum absolute atomic E-state index is 0.0611. The molecule has 0 bridgehead atoms. The number of benzene rings is 2. The van der Waals surface area contributed by atoms with E-state index in [4.69, 9.17) is 4.74 Å². The van der Waals surface area contributed by atoms with Gasteiger partial charge in [-0.2, -0.15) is 5.10 Å². The molecule has 2 aromatic carbocycles. The summed E-state index contributed by atoms with van der Waals surface area (Å²) >= 11 is 0. The Bertz CT molecular complexity index is 1020. The molecule has 1 N–H and O–H groups in total. The molecular weight excluding hydrogens is 342 g/mol. The fourth-order valence-corrected chi connectivity index (χ4v) is 2.58. The quantitative estimate of drug-likeness (QED) is 0.756. The molecule has 3 aromatic rings. The van der Waals surface area contributed by atoms with Crippen molar-refractivity contribution < 1.29 is 9.53 Å². The molecule has 3 rings (SSSR count). The van der Waals surface area contributed by atoms with Gasteiger partial charge in [0.15, 0.2) is 6.61 Å². The molecule has 0 saturated carbocycles. The summed E-state index contributed by atoms with van der Waals surface area (Å²) in [6, 6.07) is 16.3. The van der Waals surface area contributed by atoms with E-state index in [2.05, 4.69) is 10.4 Å². The number of hydrogen-bond acceptors (Lipinski definition) is 4. The van der Waals surface area contributed by atoms with E-state index in [1.54, 1.807) is 25.2 Å². The summed E-state index contributed by atoms with van der Waals surface area (Å²) in [7, 11) is 1.61. The normalized spacial score (nSPS) is 10.5. The highest BCUT2D eigenvalue weighted by atomic mass is 16.5. The Labute approximate surface area is 157 Å². The largest absolute Gasteiger partial charge is 0.483 e. The molecule has 6 nitrogen and oxygen atoms in total. The Morgan fingerprint density at radius 3 is 2.52 bits per heavy atom. The summed E-state index contributed by atoms with van der Waals surface area (Å²) in [5, 5.41) is 7.01. The number of aromatic nitrogens is 2. The number of amides is 1. The standard InChI is InChI=1S/C21H21N3O3/c1-14-4-5-15(2)19(12-14)27-13-20(25)22-17-8-6-16(7-9-17)18-10-11-21(26)24(3)23-18/h4-12H,13H2,1-3H3,(H,22,25). The molecule has 0 radical (unpaired) electrons. The second kappa shape index (κ2) is 7.86. The topological polar surface area (TPSA) is 73.2 Å². The molecule has 0 spiro atoms. The average Bonchev–Trinajstić information content (AvgIpc) is 2.65. The van der Waals surface area contributed by atoms with Crippen LogP contribution in [0.25, 0.3) is 11.3 Å². The third-order valence-corrected chi connectivity index (χ3v) is 4.13. The van der Waals surface area contributed by atoms with Crippen molar-refractivity contribution in [3.05, 3.63) is 76.1 Å². The summed E-state index contributed by atoms with van der Waals surface area (Å²) in [6.45, 7) is 3.86. The first kappa shape index (κ1) is 18.4. The molecule has 1 heterocycles. The van der Waals surface area contributed by atoms with E-state index in [0.717, 1.165) is 16.7 Å². The van der Waals surface area contributed by atoms with Gasteiger partial charge in [0, 0.05) is 24.4 Å². The molecular formula is C21H21N3O3. The third-order valence-electron chi connectivity index (χ3n) is 4.13. The van der Waals surface area contributed by atoms with E-state index in [-0.39, 0.29) is 18.1 Å². The Morgan fingerprint density at radius 1 is 1.07 bits per heavy atom. The Kier molecular flexibility index (Phi) is 5.35. The molecule has 1 amide bonds. The molecule has 0 aliphatic heterocycles. The van der Waals surface area contributed by atoms with Gasteiger partial charge < -0.3 is 10.1 Å². The van der Waals surface area contributed by atoms with E-state index >= 15 is 0 Å². The van der Waals surface area contributed by atoms with Crippen molar-refractivity contribution in [2.75, 3.05) is 11.9 Å². The molecule has 138 valence electrons. The first-order valence-corrected chi connectivity index (χ1v) is 8.57. The fourth-order valence-electron chi connectivity index (χ4n) is 2.58. The lowest BCUT2D eigenvalue weighted by Crippen LogP contribution is -2.20. The van der Waals surface area contributed by atoms with Crippen molar-refractivity contribution in [2.45, 2.75) is 13.8 Å². The van der Waals surface area contributed by atoms with Crippen molar-refractivity contribution in [3.8, 4) is 17.0 Å². The van der Waals surface area contributed by atoms with Crippen LogP contribution in [0.3, 0.4) is 0 Å². The van der Waals surface area contributed by atoms with Crippen LogP contribution < -0.4 is 15.6 Å². The highest BCUT2D eigenvalue weighted by Gasteiger charge is 2.07. The molecule has 6 heteroatoms. The molecule has 1 aromatic heterocycles. The van der Waals surface area contributed by atoms with E-state index in [1.807, 2.05) is 44.2 Å². The SMILES string of the molecule is Cc1ccc(C)c(OCC(=O)Nc2ccc(-c3ccc(=O)n(C)n3)cc2)c1. The van der Waals surface area contributed by atoms with Gasteiger partial charge in [-0.1, -0.05) is 24.3 Å². The van der Waals surface area contributed by atoms with E-state index in [0.29, 0.717) is 17.1 Å². The number of anilines is 1. The van der Waals surface area contributed by atoms with Gasteiger partial charge in [0.1, 0.15) is 5.75 Å². The van der Waals surface area contributed by atoms with Crippen LogP contribution in [0.15, 0.2) is 59.4 Å². The van der Waals surface area contributed by atoms with Gasteiger partial charge in [-0.05, 0) is 49.2 Å². The Morgan fingerprint density at radius 2 is 1.81 bits per heavy atom. The first-order valence-electron chi connectivity index (χ1n) is 8.57. The number of nitrogens with zero attached hydrogens (tertiary/aromatic N) is 2. The lowest BCUT2D eigenvalue weighted by atomic mass is 10.1. The average molecular weight is 363 g/mol. The second-order valence-electron chi connectivity index (χ2n) is 6.36. The number of ether oxygens (including phenoxy) is 1. The summed E-state index contributed by atoms with van der Waals surface area (Å²) in [6.07, 6.45) is 0. The zero-order valence-electron chi connectivity index (χ0n) is 15.5. The number of rotatable bonds is 5. The molecule has 0 aliphatic carbocycles. The number of hydrogen-bond donors (Lipinski definition) is 1. The van der Waals surface area contributed by atoms with Gasteiger partial charge in [-0.15, -0.1) is 0 Å². The number of carbonyl (C=O) groups excluding carboxylic acids is 1. The molecule has 0 atom stereocenters. The van der Waals surface area contributed by atoms with Crippen LogP contribution in [-0.4, -0.2) is 22.3 Å². The van der Waals surface area contributed by atoms with Gasteiger partial charge in [-0.25, -0.2) is 4.68 Å². The first-order chi connectivity index (χ1) is 12.9. The molecule has 0 saturated heterocycles. The van der Waals surface area contributed by atoms with E-state index < -0.39 is 0 Å². The second-order valence-corrected chi connectivity index (χ2v) is 6.36. The molecule has 0 aliphatic rings. The van der Waals surface area contributed by atoms with Gasteiger partial charge in [0.05, 0.1) is 5.69 Å². The highest BCUT2D eigenvalue weighted by molar-refractivity contribution is 5.92.